The average molecular weight is 503 g/mol. The summed E-state index contributed by atoms with van der Waals surface area (Å²) in [6.07, 6.45) is -4.45. The Labute approximate surface area is 202 Å². The molecule has 0 spiro atoms. The van der Waals surface area contributed by atoms with Gasteiger partial charge in [0, 0.05) is 16.6 Å². The van der Waals surface area contributed by atoms with Crippen molar-refractivity contribution in [2.75, 3.05) is 5.32 Å². The second-order valence-electron chi connectivity index (χ2n) is 7.97. The molecule has 1 heterocycles. The number of halogens is 5. The molecule has 4 rings (SSSR count). The molecule has 1 aromatic heterocycles. The van der Waals surface area contributed by atoms with Crippen LogP contribution in [0.3, 0.4) is 0 Å². The predicted molar refractivity (Wildman–Crippen MR) is 127 cm³/mol. The molecule has 10 heteroatoms. The van der Waals surface area contributed by atoms with E-state index in [1.54, 1.807) is 17.5 Å². The Kier molecular flexibility index (Phi) is 6.93. The summed E-state index contributed by atoms with van der Waals surface area (Å²) in [6, 6.07) is 13.4. The van der Waals surface area contributed by atoms with Crippen LogP contribution in [0.4, 0.5) is 44.1 Å². The van der Waals surface area contributed by atoms with Crippen LogP contribution >= 0.6 is 11.3 Å². The highest BCUT2D eigenvalue weighted by Crippen LogP contribution is 2.34. The summed E-state index contributed by atoms with van der Waals surface area (Å²) < 4.78 is 67.3. The number of rotatable bonds is 6. The van der Waals surface area contributed by atoms with Crippen molar-refractivity contribution in [2.24, 2.45) is 10.2 Å². The fourth-order valence-electron chi connectivity index (χ4n) is 3.18. The molecule has 0 amide bonds. The zero-order valence-corrected chi connectivity index (χ0v) is 19.4. The lowest BCUT2D eigenvalue weighted by atomic mass is 10.0. The third kappa shape index (κ3) is 5.89. The van der Waals surface area contributed by atoms with Crippen LogP contribution in [0.5, 0.6) is 0 Å². The molecule has 0 aliphatic carbocycles. The van der Waals surface area contributed by atoms with Crippen LogP contribution in [0, 0.1) is 11.6 Å². The van der Waals surface area contributed by atoms with Crippen molar-refractivity contribution in [2.45, 2.75) is 25.9 Å². The number of alkyl halides is 3. The molecule has 35 heavy (non-hydrogen) atoms. The first-order valence-electron chi connectivity index (χ1n) is 10.5. The van der Waals surface area contributed by atoms with E-state index in [1.165, 1.54) is 47.7 Å². The molecule has 3 aromatic carbocycles. The third-order valence-corrected chi connectivity index (χ3v) is 5.85. The lowest BCUT2D eigenvalue weighted by molar-refractivity contribution is -0.137. The van der Waals surface area contributed by atoms with Gasteiger partial charge >= 0.3 is 6.18 Å². The molecule has 0 aliphatic heterocycles. The largest absolute Gasteiger partial charge is 0.416 e. The van der Waals surface area contributed by atoms with Crippen molar-refractivity contribution in [1.82, 2.24) is 4.98 Å². The Morgan fingerprint density at radius 2 is 1.57 bits per heavy atom. The second-order valence-corrected chi connectivity index (χ2v) is 8.83. The predicted octanol–water partition coefficient (Wildman–Crippen LogP) is 9.39. The van der Waals surface area contributed by atoms with Crippen LogP contribution in [0.25, 0.3) is 11.3 Å². The van der Waals surface area contributed by atoms with E-state index < -0.39 is 23.4 Å². The van der Waals surface area contributed by atoms with Gasteiger partial charge in [-0.05, 0) is 60.0 Å². The van der Waals surface area contributed by atoms with Gasteiger partial charge < -0.3 is 5.32 Å². The van der Waals surface area contributed by atoms with Crippen LogP contribution in [-0.2, 0) is 6.18 Å². The second kappa shape index (κ2) is 9.91. The lowest BCUT2D eigenvalue weighted by Crippen LogP contribution is -2.05. The lowest BCUT2D eigenvalue weighted by Gasteiger charge is -2.09. The maximum atomic E-state index is 14.4. The van der Waals surface area contributed by atoms with E-state index in [0.717, 1.165) is 17.7 Å². The molecule has 0 saturated carbocycles. The molecule has 0 bridgehead atoms. The molecular formula is C25H19F5N4S. The van der Waals surface area contributed by atoms with Gasteiger partial charge in [-0.15, -0.1) is 21.6 Å². The van der Waals surface area contributed by atoms with Crippen LogP contribution in [0.1, 0.15) is 30.9 Å². The maximum absolute atomic E-state index is 14.4. The van der Waals surface area contributed by atoms with Crippen molar-refractivity contribution in [3.8, 4) is 11.3 Å². The smallest absolute Gasteiger partial charge is 0.332 e. The molecular weight excluding hydrogens is 483 g/mol. The summed E-state index contributed by atoms with van der Waals surface area (Å²) in [5, 5.41) is 12.7. The van der Waals surface area contributed by atoms with Crippen LogP contribution in [-0.4, -0.2) is 4.98 Å². The van der Waals surface area contributed by atoms with Gasteiger partial charge in [0.25, 0.3) is 0 Å². The summed E-state index contributed by atoms with van der Waals surface area (Å²) >= 11 is 1.18. The van der Waals surface area contributed by atoms with Gasteiger partial charge in [0.15, 0.2) is 16.8 Å². The summed E-state index contributed by atoms with van der Waals surface area (Å²) in [5.74, 6) is -1.05. The highest BCUT2D eigenvalue weighted by atomic mass is 32.1. The molecule has 0 fully saturated rings. The number of nitrogens with zero attached hydrogens (tertiary/aromatic N) is 3. The minimum absolute atomic E-state index is 0.00207. The minimum atomic E-state index is -4.45. The minimum Gasteiger partial charge on any atom is -0.332 e. The zero-order chi connectivity index (χ0) is 25.2. The standard InChI is InChI=1S/C25H19F5N4S/c1-14(2)15-6-8-19(26)21(10-15)33-34-22-11-16(7-9-20(22)27)23-13-35-24(32-23)31-18-5-3-4-17(12-18)25(28,29)30/h3-14H,1-2H3,(H,31,32). The van der Waals surface area contributed by atoms with Crippen molar-refractivity contribution in [1.29, 1.82) is 0 Å². The van der Waals surface area contributed by atoms with Crippen LogP contribution in [0.15, 0.2) is 76.3 Å². The Balaban J connectivity index is 1.56. The average Bonchev–Trinajstić information content (AvgIpc) is 3.27. The molecule has 0 radical (unpaired) electrons. The quantitative estimate of drug-likeness (QED) is 0.211. The van der Waals surface area contributed by atoms with Gasteiger partial charge in [-0.2, -0.15) is 13.2 Å². The topological polar surface area (TPSA) is 49.6 Å². The highest BCUT2D eigenvalue weighted by Gasteiger charge is 2.30. The Morgan fingerprint density at radius 3 is 2.26 bits per heavy atom. The summed E-state index contributed by atoms with van der Waals surface area (Å²) in [4.78, 5) is 4.37. The van der Waals surface area contributed by atoms with Gasteiger partial charge in [0.1, 0.15) is 11.4 Å². The maximum Gasteiger partial charge on any atom is 0.416 e. The molecule has 1 N–H and O–H groups in total. The van der Waals surface area contributed by atoms with Crippen LogP contribution < -0.4 is 5.32 Å². The van der Waals surface area contributed by atoms with E-state index in [1.807, 2.05) is 13.8 Å². The van der Waals surface area contributed by atoms with Crippen molar-refractivity contribution in [3.63, 3.8) is 0 Å². The van der Waals surface area contributed by atoms with E-state index in [-0.39, 0.29) is 23.0 Å². The van der Waals surface area contributed by atoms with Crippen molar-refractivity contribution in [3.05, 3.63) is 88.8 Å². The fourth-order valence-corrected chi connectivity index (χ4v) is 3.92. The molecule has 180 valence electrons. The number of nitrogens with one attached hydrogen (secondary N) is 1. The van der Waals surface area contributed by atoms with Crippen molar-refractivity contribution < 1.29 is 22.0 Å². The van der Waals surface area contributed by atoms with E-state index in [0.29, 0.717) is 16.4 Å². The summed E-state index contributed by atoms with van der Waals surface area (Å²) in [7, 11) is 0. The SMILES string of the molecule is CC(C)c1ccc(F)c(N=Nc2cc(-c3csc(Nc4cccc(C(F)(F)F)c4)n3)ccc2F)c1. The number of hydrogen-bond acceptors (Lipinski definition) is 5. The Morgan fingerprint density at radius 1 is 0.886 bits per heavy atom. The number of aromatic nitrogens is 1. The number of anilines is 2. The molecule has 0 aliphatic rings. The first-order chi connectivity index (χ1) is 16.6. The molecule has 0 unspecified atom stereocenters. The Bertz CT molecular complexity index is 1380. The van der Waals surface area contributed by atoms with E-state index in [2.05, 4.69) is 20.5 Å². The third-order valence-electron chi connectivity index (χ3n) is 5.09. The number of hydrogen-bond donors (Lipinski definition) is 1. The molecule has 0 atom stereocenters. The van der Waals surface area contributed by atoms with Gasteiger partial charge in [-0.3, -0.25) is 0 Å². The Hall–Kier alpha value is -3.66. The summed E-state index contributed by atoms with van der Waals surface area (Å²) in [6.45, 7) is 3.92. The van der Waals surface area contributed by atoms with E-state index in [9.17, 15) is 22.0 Å². The summed E-state index contributed by atoms with van der Waals surface area (Å²) in [5.41, 5.74) is 1.22. The van der Waals surface area contributed by atoms with Gasteiger partial charge in [-0.25, -0.2) is 13.8 Å². The molecule has 4 nitrogen and oxygen atoms in total. The fraction of sp³-hybridized carbons (Fsp3) is 0.160. The first kappa shape index (κ1) is 24.5. The molecule has 4 aromatic rings. The zero-order valence-electron chi connectivity index (χ0n) is 18.6. The van der Waals surface area contributed by atoms with Gasteiger partial charge in [-0.1, -0.05) is 26.0 Å². The van der Waals surface area contributed by atoms with Crippen LogP contribution in [0.2, 0.25) is 0 Å². The number of azo groups is 1. The van der Waals surface area contributed by atoms with Gasteiger partial charge in [0.2, 0.25) is 0 Å². The first-order valence-corrected chi connectivity index (χ1v) is 11.4. The number of benzene rings is 3. The number of thiazole rings is 1. The van der Waals surface area contributed by atoms with Crippen molar-refractivity contribution >= 4 is 33.5 Å². The van der Waals surface area contributed by atoms with Gasteiger partial charge in [0.05, 0.1) is 11.3 Å². The normalized spacial score (nSPS) is 12.0. The molecule has 0 saturated heterocycles. The van der Waals surface area contributed by atoms with E-state index >= 15 is 0 Å². The van der Waals surface area contributed by atoms with E-state index in [4.69, 9.17) is 0 Å². The highest BCUT2D eigenvalue weighted by molar-refractivity contribution is 7.14. The monoisotopic (exact) mass is 502 g/mol.